The first kappa shape index (κ1) is 16.4. The minimum Gasteiger partial charge on any atom is -0.361 e. The topological polar surface area (TPSA) is 20.7 Å². The summed E-state index contributed by atoms with van der Waals surface area (Å²) in [6.45, 7) is 5.49. The van der Waals surface area contributed by atoms with Gasteiger partial charge in [0.15, 0.2) is 0 Å². The van der Waals surface area contributed by atoms with E-state index in [9.17, 15) is 0 Å². The van der Waals surface area contributed by atoms with E-state index in [0.29, 0.717) is 0 Å². The molecule has 5 aromatic rings. The number of nitrogens with one attached hydrogen (secondary N) is 1. The Bertz CT molecular complexity index is 1220. The van der Waals surface area contributed by atoms with Crippen molar-refractivity contribution in [1.82, 2.24) is 9.55 Å². The van der Waals surface area contributed by atoms with Crippen molar-refractivity contribution in [2.24, 2.45) is 0 Å². The van der Waals surface area contributed by atoms with Crippen LogP contribution >= 0.6 is 11.3 Å². The van der Waals surface area contributed by atoms with Crippen molar-refractivity contribution in [2.45, 2.75) is 26.3 Å². The summed E-state index contributed by atoms with van der Waals surface area (Å²) in [5.74, 6) is 0.235. The molecule has 0 amide bonds. The van der Waals surface area contributed by atoms with Crippen molar-refractivity contribution in [3.8, 4) is 0 Å². The molecule has 3 heteroatoms. The highest BCUT2D eigenvalue weighted by Gasteiger charge is 2.27. The summed E-state index contributed by atoms with van der Waals surface area (Å²) in [5.41, 5.74) is 6.68. The van der Waals surface area contributed by atoms with Gasteiger partial charge in [0.25, 0.3) is 0 Å². The van der Waals surface area contributed by atoms with Crippen LogP contribution in [-0.4, -0.2) is 9.55 Å². The van der Waals surface area contributed by atoms with Gasteiger partial charge in [0.2, 0.25) is 0 Å². The van der Waals surface area contributed by atoms with Gasteiger partial charge < -0.3 is 9.55 Å². The summed E-state index contributed by atoms with van der Waals surface area (Å²) in [7, 11) is 0. The van der Waals surface area contributed by atoms with Crippen LogP contribution in [0.5, 0.6) is 0 Å². The van der Waals surface area contributed by atoms with E-state index in [4.69, 9.17) is 0 Å². The van der Waals surface area contributed by atoms with Gasteiger partial charge in [-0.15, -0.1) is 11.3 Å². The van der Waals surface area contributed by atoms with E-state index in [1.807, 2.05) is 11.3 Å². The third kappa shape index (κ3) is 2.46. The number of fused-ring (bicyclic) bond motifs is 2. The highest BCUT2D eigenvalue weighted by molar-refractivity contribution is 7.10. The predicted octanol–water partition coefficient (Wildman–Crippen LogP) is 6.69. The minimum absolute atomic E-state index is 0.235. The molecule has 1 N–H and O–H groups in total. The van der Waals surface area contributed by atoms with Crippen LogP contribution in [-0.2, 0) is 6.54 Å². The molecule has 0 bridgehead atoms. The zero-order valence-electron chi connectivity index (χ0n) is 15.6. The molecule has 0 aliphatic heterocycles. The fourth-order valence-corrected chi connectivity index (χ4v) is 5.32. The van der Waals surface area contributed by atoms with Gasteiger partial charge >= 0.3 is 0 Å². The van der Waals surface area contributed by atoms with Crippen molar-refractivity contribution in [2.75, 3.05) is 0 Å². The van der Waals surface area contributed by atoms with Crippen molar-refractivity contribution >= 4 is 33.1 Å². The highest BCUT2D eigenvalue weighted by atomic mass is 32.1. The molecule has 0 aliphatic carbocycles. The number of hydrogen-bond donors (Lipinski definition) is 1. The Morgan fingerprint density at radius 1 is 0.963 bits per heavy atom. The van der Waals surface area contributed by atoms with Crippen molar-refractivity contribution in [3.05, 3.63) is 93.9 Å². The quantitative estimate of drug-likeness (QED) is 0.364. The fourth-order valence-electron chi connectivity index (χ4n) is 4.47. The second-order valence-electron chi connectivity index (χ2n) is 7.00. The Kier molecular flexibility index (Phi) is 3.91. The van der Waals surface area contributed by atoms with E-state index < -0.39 is 0 Å². The second kappa shape index (κ2) is 6.43. The normalized spacial score (nSPS) is 12.8. The lowest BCUT2D eigenvalue weighted by Gasteiger charge is -2.17. The monoisotopic (exact) mass is 370 g/mol. The van der Waals surface area contributed by atoms with Gasteiger partial charge in [-0.3, -0.25) is 0 Å². The standard InChI is InChI=1S/C24H22N2S/c1-3-26-16(2)23(18-10-5-7-12-21(18)26)24(22-13-8-14-27-22)19-15-25-20-11-6-4-9-17(19)20/h4-15,24-25H,3H2,1-2H3. The summed E-state index contributed by atoms with van der Waals surface area (Å²) in [5, 5.41) is 4.86. The van der Waals surface area contributed by atoms with Crippen LogP contribution in [0.2, 0.25) is 0 Å². The number of thiophene rings is 1. The molecule has 0 aliphatic rings. The van der Waals surface area contributed by atoms with Gasteiger partial charge in [0.05, 0.1) is 0 Å². The molecule has 0 fully saturated rings. The summed E-state index contributed by atoms with van der Waals surface area (Å²) in [4.78, 5) is 4.88. The first-order valence-electron chi connectivity index (χ1n) is 9.46. The maximum atomic E-state index is 3.49. The van der Waals surface area contributed by atoms with E-state index in [1.165, 1.54) is 43.5 Å². The van der Waals surface area contributed by atoms with Gasteiger partial charge in [0.1, 0.15) is 0 Å². The number of aryl methyl sites for hydroxylation is 1. The fraction of sp³-hybridized carbons (Fsp3) is 0.167. The second-order valence-corrected chi connectivity index (χ2v) is 7.98. The maximum absolute atomic E-state index is 3.49. The summed E-state index contributed by atoms with van der Waals surface area (Å²) >= 11 is 1.84. The lowest BCUT2D eigenvalue weighted by Crippen LogP contribution is -2.04. The molecule has 134 valence electrons. The van der Waals surface area contributed by atoms with Crippen LogP contribution < -0.4 is 0 Å². The van der Waals surface area contributed by atoms with Crippen LogP contribution in [0.15, 0.2) is 72.2 Å². The smallest absolute Gasteiger partial charge is 0.0485 e. The number of aromatic amines is 1. The summed E-state index contributed by atoms with van der Waals surface area (Å²) < 4.78 is 2.44. The molecule has 0 saturated carbocycles. The molecule has 2 aromatic carbocycles. The molecule has 0 radical (unpaired) electrons. The molecule has 3 aromatic heterocycles. The lowest BCUT2D eigenvalue weighted by atomic mass is 9.87. The average Bonchev–Trinajstić information content (AvgIpc) is 3.42. The van der Waals surface area contributed by atoms with Crippen LogP contribution in [0.1, 0.15) is 34.5 Å². The lowest BCUT2D eigenvalue weighted by molar-refractivity contribution is 0.759. The van der Waals surface area contributed by atoms with Crippen LogP contribution in [0.3, 0.4) is 0 Å². The van der Waals surface area contributed by atoms with Crippen LogP contribution in [0, 0.1) is 6.92 Å². The molecule has 2 nitrogen and oxygen atoms in total. The summed E-state index contributed by atoms with van der Waals surface area (Å²) in [6.07, 6.45) is 2.20. The number of nitrogens with zero attached hydrogens (tertiary/aromatic N) is 1. The minimum atomic E-state index is 0.235. The van der Waals surface area contributed by atoms with Crippen molar-refractivity contribution in [1.29, 1.82) is 0 Å². The van der Waals surface area contributed by atoms with Crippen LogP contribution in [0.25, 0.3) is 21.8 Å². The van der Waals surface area contributed by atoms with E-state index >= 15 is 0 Å². The Morgan fingerprint density at radius 3 is 2.52 bits per heavy atom. The molecule has 0 spiro atoms. The predicted molar refractivity (Wildman–Crippen MR) is 116 cm³/mol. The molecule has 3 heterocycles. The largest absolute Gasteiger partial charge is 0.361 e. The van der Waals surface area contributed by atoms with Crippen molar-refractivity contribution in [3.63, 3.8) is 0 Å². The Morgan fingerprint density at radius 2 is 1.74 bits per heavy atom. The zero-order chi connectivity index (χ0) is 18.4. The van der Waals surface area contributed by atoms with Gasteiger partial charge in [-0.05, 0) is 48.6 Å². The highest BCUT2D eigenvalue weighted by Crippen LogP contribution is 2.43. The van der Waals surface area contributed by atoms with Gasteiger partial charge in [-0.25, -0.2) is 0 Å². The van der Waals surface area contributed by atoms with Gasteiger partial charge in [0, 0.05) is 51.0 Å². The first-order valence-corrected chi connectivity index (χ1v) is 10.3. The van der Waals surface area contributed by atoms with E-state index in [-0.39, 0.29) is 5.92 Å². The number of para-hydroxylation sites is 2. The zero-order valence-corrected chi connectivity index (χ0v) is 16.4. The van der Waals surface area contributed by atoms with Gasteiger partial charge in [-0.1, -0.05) is 42.5 Å². The number of aromatic nitrogens is 2. The molecular weight excluding hydrogens is 348 g/mol. The molecule has 5 rings (SSSR count). The SMILES string of the molecule is CCn1c(C)c(C(c2cccs2)c2c[nH]c3ccccc23)c2ccccc21. The van der Waals surface area contributed by atoms with Crippen molar-refractivity contribution < 1.29 is 0 Å². The van der Waals surface area contributed by atoms with Gasteiger partial charge in [-0.2, -0.15) is 0 Å². The number of hydrogen-bond acceptors (Lipinski definition) is 1. The molecular formula is C24H22N2S. The molecule has 0 saturated heterocycles. The Labute approximate surface area is 163 Å². The average molecular weight is 371 g/mol. The molecule has 27 heavy (non-hydrogen) atoms. The Hall–Kier alpha value is -2.78. The van der Waals surface area contributed by atoms with E-state index in [0.717, 1.165) is 6.54 Å². The Balaban J connectivity index is 1.86. The first-order chi connectivity index (χ1) is 13.3. The third-order valence-electron chi connectivity index (χ3n) is 5.64. The third-order valence-corrected chi connectivity index (χ3v) is 6.58. The summed E-state index contributed by atoms with van der Waals surface area (Å²) in [6, 6.07) is 21.9. The number of benzene rings is 2. The van der Waals surface area contributed by atoms with E-state index in [2.05, 4.69) is 95.6 Å². The molecule has 1 unspecified atom stereocenters. The van der Waals surface area contributed by atoms with Crippen LogP contribution in [0.4, 0.5) is 0 Å². The maximum Gasteiger partial charge on any atom is 0.0485 e. The molecule has 1 atom stereocenters. The number of rotatable bonds is 4. The van der Waals surface area contributed by atoms with E-state index in [1.54, 1.807) is 0 Å². The number of H-pyrrole nitrogens is 1.